The molecular weight excluding hydrogens is 520 g/mol. The van der Waals surface area contributed by atoms with E-state index in [-0.39, 0.29) is 12.2 Å². The maximum absolute atomic E-state index is 7.09. The molecule has 1 saturated heterocycles. The molecule has 1 nitrogen and oxygen atoms in total. The molecule has 0 radical (unpaired) electrons. The van der Waals surface area contributed by atoms with Crippen LogP contribution < -0.4 is 0 Å². The second-order valence-corrected chi connectivity index (χ2v) is 13.8. The maximum atomic E-state index is 7.09. The highest BCUT2D eigenvalue weighted by molar-refractivity contribution is 5.89. The SMILES string of the molecule is c1ccc2c(c1)C1c3ccccc3C2c2cc3cc4c(cc3cc21)[C@H]1O[C@@H]4[C@@H]2C3c4ccccc4C(c4ccccc43)[C@@H]21. The normalized spacial score (nSPS) is 30.2. The zero-order valence-electron chi connectivity index (χ0n) is 23.6. The van der Waals surface area contributed by atoms with Crippen LogP contribution in [0, 0.1) is 11.8 Å². The molecule has 2 aliphatic heterocycles. The molecule has 6 aromatic carbocycles. The number of fused-ring (bicyclic) bond motifs is 6. The Morgan fingerprint density at radius 3 is 0.977 bits per heavy atom. The quantitative estimate of drug-likeness (QED) is 0.183. The van der Waals surface area contributed by atoms with Gasteiger partial charge in [0.05, 0.1) is 12.2 Å². The third-order valence-electron chi connectivity index (χ3n) is 12.3. The fourth-order valence-corrected chi connectivity index (χ4v) is 10.9. The Kier molecular flexibility index (Phi) is 3.79. The second kappa shape index (κ2) is 7.36. The number of hydrogen-bond acceptors (Lipinski definition) is 1. The lowest BCUT2D eigenvalue weighted by molar-refractivity contribution is 0.0533. The molecule has 6 aliphatic carbocycles. The van der Waals surface area contributed by atoms with Gasteiger partial charge in [0.2, 0.25) is 0 Å². The number of benzene rings is 6. The number of ether oxygens (including phenoxy) is 1. The molecule has 43 heavy (non-hydrogen) atoms. The molecule has 1 heteroatoms. The zero-order chi connectivity index (χ0) is 27.6. The lowest BCUT2D eigenvalue weighted by Gasteiger charge is -2.51. The molecule has 6 aromatic rings. The summed E-state index contributed by atoms with van der Waals surface area (Å²) in [7, 11) is 0. The summed E-state index contributed by atoms with van der Waals surface area (Å²) >= 11 is 0. The van der Waals surface area contributed by atoms with Gasteiger partial charge in [-0.1, -0.05) is 97.1 Å². The first-order valence-electron chi connectivity index (χ1n) is 16.0. The van der Waals surface area contributed by atoms with Gasteiger partial charge in [-0.05, 0) is 102 Å². The highest BCUT2D eigenvalue weighted by Crippen LogP contribution is 2.72. The van der Waals surface area contributed by atoms with E-state index in [1.54, 1.807) is 0 Å². The van der Waals surface area contributed by atoms with Gasteiger partial charge in [0.1, 0.15) is 0 Å². The third-order valence-corrected chi connectivity index (χ3v) is 12.3. The van der Waals surface area contributed by atoms with Gasteiger partial charge in [0, 0.05) is 35.5 Å². The van der Waals surface area contributed by atoms with E-state index >= 15 is 0 Å². The largest absolute Gasteiger partial charge is 0.365 e. The van der Waals surface area contributed by atoms with E-state index in [1.165, 1.54) is 77.5 Å². The Labute approximate surface area is 250 Å². The molecule has 6 bridgehead atoms. The number of hydrogen-bond donors (Lipinski definition) is 0. The van der Waals surface area contributed by atoms with Gasteiger partial charge in [-0.2, -0.15) is 0 Å². The lowest BCUT2D eigenvalue weighted by atomic mass is 9.50. The minimum absolute atomic E-state index is 0.164. The van der Waals surface area contributed by atoms with E-state index in [0.29, 0.717) is 35.5 Å². The summed E-state index contributed by atoms with van der Waals surface area (Å²) in [5.74, 6) is 2.43. The molecule has 14 rings (SSSR count). The molecule has 8 aliphatic rings. The summed E-state index contributed by atoms with van der Waals surface area (Å²) in [6, 6.07) is 46.9. The van der Waals surface area contributed by atoms with Crippen molar-refractivity contribution >= 4 is 10.8 Å². The Hall–Kier alpha value is -4.46. The van der Waals surface area contributed by atoms with Gasteiger partial charge < -0.3 is 4.74 Å². The van der Waals surface area contributed by atoms with Crippen LogP contribution >= 0.6 is 0 Å². The Balaban J connectivity index is 1.06. The minimum atomic E-state index is 0.164. The summed E-state index contributed by atoms with van der Waals surface area (Å²) in [5, 5.41) is 2.74. The third kappa shape index (κ3) is 2.44. The first-order chi connectivity index (χ1) is 21.3. The van der Waals surface area contributed by atoms with E-state index in [2.05, 4.69) is 121 Å². The molecule has 4 atom stereocenters. The van der Waals surface area contributed by atoms with Crippen molar-refractivity contribution in [3.8, 4) is 0 Å². The van der Waals surface area contributed by atoms with Crippen LogP contribution in [0.3, 0.4) is 0 Å². The lowest BCUT2D eigenvalue weighted by Crippen LogP contribution is -2.42. The van der Waals surface area contributed by atoms with Crippen molar-refractivity contribution in [2.24, 2.45) is 11.8 Å². The van der Waals surface area contributed by atoms with Crippen molar-refractivity contribution in [2.45, 2.75) is 35.9 Å². The van der Waals surface area contributed by atoms with Gasteiger partial charge in [0.15, 0.2) is 0 Å². The van der Waals surface area contributed by atoms with E-state index in [4.69, 9.17) is 4.74 Å². The molecule has 202 valence electrons. The predicted octanol–water partition coefficient (Wildman–Crippen LogP) is 9.48. The summed E-state index contributed by atoms with van der Waals surface area (Å²) < 4.78 is 7.09. The predicted molar refractivity (Wildman–Crippen MR) is 169 cm³/mol. The average molecular weight is 549 g/mol. The van der Waals surface area contributed by atoms with Crippen LogP contribution in [0.15, 0.2) is 121 Å². The van der Waals surface area contributed by atoms with Crippen LogP contribution in [0.5, 0.6) is 0 Å². The van der Waals surface area contributed by atoms with Crippen LogP contribution in [0.1, 0.15) is 103 Å². The summed E-state index contributed by atoms with van der Waals surface area (Å²) in [5.41, 5.74) is 18.0. The first kappa shape index (κ1) is 22.1. The van der Waals surface area contributed by atoms with Crippen molar-refractivity contribution in [1.29, 1.82) is 0 Å². The summed E-state index contributed by atoms with van der Waals surface area (Å²) in [6.07, 6.45) is 0.329. The van der Waals surface area contributed by atoms with Gasteiger partial charge in [-0.3, -0.25) is 0 Å². The fourth-order valence-electron chi connectivity index (χ4n) is 10.9. The monoisotopic (exact) mass is 548 g/mol. The average Bonchev–Trinajstić information content (AvgIpc) is 3.64. The van der Waals surface area contributed by atoms with Crippen molar-refractivity contribution in [2.75, 3.05) is 0 Å². The van der Waals surface area contributed by atoms with E-state index < -0.39 is 0 Å². The van der Waals surface area contributed by atoms with Gasteiger partial charge in [-0.25, -0.2) is 0 Å². The summed E-state index contributed by atoms with van der Waals surface area (Å²) in [4.78, 5) is 0. The molecule has 0 N–H and O–H groups in total. The van der Waals surface area contributed by atoms with Crippen LogP contribution in [0.4, 0.5) is 0 Å². The maximum Gasteiger partial charge on any atom is 0.0878 e. The fraction of sp³-hybridized carbons (Fsp3) is 0.190. The number of rotatable bonds is 0. The smallest absolute Gasteiger partial charge is 0.0878 e. The van der Waals surface area contributed by atoms with E-state index in [9.17, 15) is 0 Å². The molecule has 0 unspecified atom stereocenters. The second-order valence-electron chi connectivity index (χ2n) is 13.8. The molecule has 0 amide bonds. The first-order valence-corrected chi connectivity index (χ1v) is 16.0. The molecule has 1 fully saturated rings. The van der Waals surface area contributed by atoms with Crippen molar-refractivity contribution in [1.82, 2.24) is 0 Å². The molecule has 0 saturated carbocycles. The Bertz CT molecular complexity index is 1990. The van der Waals surface area contributed by atoms with Crippen LogP contribution in [0.2, 0.25) is 0 Å². The van der Waals surface area contributed by atoms with Crippen molar-refractivity contribution < 1.29 is 4.74 Å². The van der Waals surface area contributed by atoms with Gasteiger partial charge >= 0.3 is 0 Å². The van der Waals surface area contributed by atoms with Crippen LogP contribution in [-0.2, 0) is 4.74 Å². The molecule has 0 aromatic heterocycles. The zero-order valence-corrected chi connectivity index (χ0v) is 23.6. The van der Waals surface area contributed by atoms with E-state index in [1.807, 2.05) is 0 Å². The standard InChI is InChI=1S/C42H28O/c1-2-10-24-23(9-1)35-25-11-3-4-12-26(25)36(24)32-18-22-20-34-33(19-21(22)17-31(32)35)41-39-37-27-13-5-7-15-29(27)38(40(39)42(34)43-41)30-16-8-6-14-28(30)37/h1-20,35-42H/t35?,36?,37?,38?,39-,40+,41+,42-. The van der Waals surface area contributed by atoms with Crippen LogP contribution in [-0.4, -0.2) is 0 Å². The van der Waals surface area contributed by atoms with Gasteiger partial charge in [-0.15, -0.1) is 0 Å². The van der Waals surface area contributed by atoms with Crippen molar-refractivity contribution in [3.63, 3.8) is 0 Å². The topological polar surface area (TPSA) is 9.23 Å². The van der Waals surface area contributed by atoms with Crippen molar-refractivity contribution in [3.05, 3.63) is 188 Å². The summed E-state index contributed by atoms with van der Waals surface area (Å²) in [6.45, 7) is 0. The molecule has 2 heterocycles. The van der Waals surface area contributed by atoms with Gasteiger partial charge in [0.25, 0.3) is 0 Å². The Morgan fingerprint density at radius 1 is 0.326 bits per heavy atom. The highest BCUT2D eigenvalue weighted by Gasteiger charge is 2.63. The van der Waals surface area contributed by atoms with Crippen LogP contribution in [0.25, 0.3) is 10.8 Å². The van der Waals surface area contributed by atoms with E-state index in [0.717, 1.165) is 0 Å². The highest BCUT2D eigenvalue weighted by atomic mass is 16.5. The Morgan fingerprint density at radius 2 is 0.628 bits per heavy atom. The molecule has 0 spiro atoms. The molecular formula is C42H28O. The minimum Gasteiger partial charge on any atom is -0.365 e.